The third kappa shape index (κ3) is 2.14. The van der Waals surface area contributed by atoms with Crippen LogP contribution in [0.15, 0.2) is 24.4 Å². The van der Waals surface area contributed by atoms with Crippen molar-refractivity contribution < 1.29 is 9.90 Å². The van der Waals surface area contributed by atoms with Crippen molar-refractivity contribution in [3.8, 4) is 0 Å². The third-order valence-corrected chi connectivity index (χ3v) is 5.13. The predicted molar refractivity (Wildman–Crippen MR) is 89.8 cm³/mol. The van der Waals surface area contributed by atoms with Gasteiger partial charge in [0.15, 0.2) is 0 Å². The van der Waals surface area contributed by atoms with Crippen molar-refractivity contribution in [3.05, 3.63) is 30.0 Å². The Labute approximate surface area is 134 Å². The van der Waals surface area contributed by atoms with E-state index in [1.54, 1.807) is 12.1 Å². The van der Waals surface area contributed by atoms with E-state index in [0.717, 1.165) is 34.8 Å². The molecule has 0 saturated heterocycles. The summed E-state index contributed by atoms with van der Waals surface area (Å²) in [5.41, 5.74) is 3.77. The second-order valence-corrected chi connectivity index (χ2v) is 7.50. The van der Waals surface area contributed by atoms with Crippen molar-refractivity contribution in [1.29, 1.82) is 0 Å². The fourth-order valence-electron chi connectivity index (χ4n) is 4.06. The topological polar surface area (TPSA) is 60.1 Å². The minimum Gasteiger partial charge on any atom is -0.478 e. The molecule has 1 N–H and O–H groups in total. The zero-order chi connectivity index (χ0) is 16.4. The van der Waals surface area contributed by atoms with Crippen molar-refractivity contribution in [2.45, 2.75) is 39.2 Å². The summed E-state index contributed by atoms with van der Waals surface area (Å²) in [7, 11) is 1.91. The normalized spacial score (nSPS) is 20.6. The van der Waals surface area contributed by atoms with Gasteiger partial charge in [0, 0.05) is 24.7 Å². The van der Waals surface area contributed by atoms with Crippen LogP contribution >= 0.6 is 0 Å². The molecule has 5 nitrogen and oxygen atoms in total. The van der Waals surface area contributed by atoms with E-state index in [0.29, 0.717) is 17.0 Å². The Morgan fingerprint density at radius 1 is 1.35 bits per heavy atom. The van der Waals surface area contributed by atoms with E-state index in [1.165, 1.54) is 6.42 Å². The molecule has 1 atom stereocenters. The van der Waals surface area contributed by atoms with Crippen LogP contribution in [0.5, 0.6) is 0 Å². The lowest BCUT2D eigenvalue weighted by Gasteiger charge is -2.19. The molecule has 0 radical (unpaired) electrons. The number of aromatic nitrogens is 3. The first kappa shape index (κ1) is 14.3. The van der Waals surface area contributed by atoms with Crippen LogP contribution in [0.3, 0.4) is 0 Å². The molecule has 0 bridgehead atoms. The molecule has 2 heterocycles. The van der Waals surface area contributed by atoms with Crippen molar-refractivity contribution in [2.24, 2.45) is 12.5 Å². The Hall–Kier alpha value is -2.30. The molecule has 0 amide bonds. The van der Waals surface area contributed by atoms with Crippen LogP contribution < -0.4 is 0 Å². The highest BCUT2D eigenvalue weighted by Gasteiger charge is 2.33. The molecule has 1 aliphatic carbocycles. The first-order valence-corrected chi connectivity index (χ1v) is 8.06. The average molecular weight is 311 g/mol. The molecule has 1 unspecified atom stereocenters. The first-order chi connectivity index (χ1) is 10.9. The highest BCUT2D eigenvalue weighted by atomic mass is 16.4. The summed E-state index contributed by atoms with van der Waals surface area (Å²) >= 11 is 0. The number of nitrogens with zero attached hydrogens (tertiary/aromatic N) is 3. The zero-order valence-electron chi connectivity index (χ0n) is 13.7. The van der Waals surface area contributed by atoms with Gasteiger partial charge in [-0.25, -0.2) is 4.79 Å². The number of aromatic carboxylic acids is 1. The summed E-state index contributed by atoms with van der Waals surface area (Å²) in [4.78, 5) is 11.3. The van der Waals surface area contributed by atoms with E-state index in [1.807, 2.05) is 24.0 Å². The van der Waals surface area contributed by atoms with Crippen LogP contribution in [0.4, 0.5) is 0 Å². The van der Waals surface area contributed by atoms with Gasteiger partial charge in [-0.2, -0.15) is 5.10 Å². The molecule has 1 aliphatic rings. The van der Waals surface area contributed by atoms with Gasteiger partial charge in [0.25, 0.3) is 0 Å². The minimum absolute atomic E-state index is 0.314. The van der Waals surface area contributed by atoms with Gasteiger partial charge in [0.1, 0.15) is 5.52 Å². The van der Waals surface area contributed by atoms with E-state index < -0.39 is 5.97 Å². The highest BCUT2D eigenvalue weighted by molar-refractivity contribution is 6.08. The molecule has 0 aliphatic heterocycles. The summed E-state index contributed by atoms with van der Waals surface area (Å²) in [6, 6.07) is 5.83. The number of benzene rings is 1. The maximum Gasteiger partial charge on any atom is 0.335 e. The maximum atomic E-state index is 11.3. The summed E-state index contributed by atoms with van der Waals surface area (Å²) < 4.78 is 4.19. The van der Waals surface area contributed by atoms with Gasteiger partial charge in [-0.3, -0.25) is 4.68 Å². The Balaban J connectivity index is 1.99. The van der Waals surface area contributed by atoms with Gasteiger partial charge in [-0.1, -0.05) is 13.8 Å². The molecule has 0 spiro atoms. The lowest BCUT2D eigenvalue weighted by molar-refractivity contribution is 0.0697. The number of hydrogen-bond donors (Lipinski definition) is 1. The molecule has 2 aromatic heterocycles. The average Bonchev–Trinajstić information content (AvgIpc) is 3.09. The lowest BCUT2D eigenvalue weighted by Crippen LogP contribution is -2.09. The van der Waals surface area contributed by atoms with Gasteiger partial charge in [-0.05, 0) is 42.9 Å². The monoisotopic (exact) mass is 311 g/mol. The Morgan fingerprint density at radius 2 is 2.13 bits per heavy atom. The predicted octanol–water partition coefficient (Wildman–Crippen LogP) is 3.98. The zero-order valence-corrected chi connectivity index (χ0v) is 13.7. The number of hydrogen-bond acceptors (Lipinski definition) is 2. The largest absolute Gasteiger partial charge is 0.478 e. The van der Waals surface area contributed by atoms with Gasteiger partial charge in [0.05, 0.1) is 16.6 Å². The van der Waals surface area contributed by atoms with Crippen LogP contribution in [0.2, 0.25) is 0 Å². The van der Waals surface area contributed by atoms with Crippen molar-refractivity contribution in [3.63, 3.8) is 0 Å². The number of carboxylic acids is 1. The smallest absolute Gasteiger partial charge is 0.335 e. The molecular formula is C18H21N3O2. The molecule has 1 fully saturated rings. The van der Waals surface area contributed by atoms with Crippen molar-refractivity contribution >= 4 is 27.9 Å². The van der Waals surface area contributed by atoms with Gasteiger partial charge in [-0.15, -0.1) is 0 Å². The van der Waals surface area contributed by atoms with E-state index in [-0.39, 0.29) is 0 Å². The molecule has 3 aromatic rings. The summed E-state index contributed by atoms with van der Waals surface area (Å²) in [5, 5.41) is 14.8. The standard InChI is InChI=1S/C18H21N3O2/c1-18(2)7-6-12(9-18)21-14-5-4-11(17(22)23)8-13(14)16-15(21)10-20(3)19-16/h4-5,8,10,12H,6-7,9H2,1-3H3,(H,22,23). The summed E-state index contributed by atoms with van der Waals surface area (Å²) in [6.07, 6.45) is 5.55. The van der Waals surface area contributed by atoms with Gasteiger partial charge in [0.2, 0.25) is 0 Å². The molecular weight excluding hydrogens is 290 g/mol. The molecule has 1 aromatic carbocycles. The summed E-state index contributed by atoms with van der Waals surface area (Å²) in [6.45, 7) is 4.64. The number of carboxylic acid groups (broad SMARTS) is 1. The number of aryl methyl sites for hydroxylation is 1. The fourth-order valence-corrected chi connectivity index (χ4v) is 4.06. The Bertz CT molecular complexity index is 933. The van der Waals surface area contributed by atoms with Crippen LogP contribution in [-0.4, -0.2) is 25.4 Å². The van der Waals surface area contributed by atoms with Gasteiger partial charge < -0.3 is 9.67 Å². The molecule has 23 heavy (non-hydrogen) atoms. The van der Waals surface area contributed by atoms with E-state index in [9.17, 15) is 9.90 Å². The van der Waals surface area contributed by atoms with Crippen LogP contribution in [0.25, 0.3) is 21.9 Å². The minimum atomic E-state index is -0.897. The molecule has 4 rings (SSSR count). The SMILES string of the molecule is Cn1cc2c(n1)c1cc(C(=O)O)ccc1n2C1CCC(C)(C)C1. The number of carbonyl (C=O) groups is 1. The van der Waals surface area contributed by atoms with Crippen LogP contribution in [0, 0.1) is 5.41 Å². The number of fused-ring (bicyclic) bond motifs is 3. The van der Waals surface area contributed by atoms with E-state index in [4.69, 9.17) is 0 Å². The van der Waals surface area contributed by atoms with Crippen LogP contribution in [0.1, 0.15) is 49.5 Å². The molecule has 1 saturated carbocycles. The fraction of sp³-hybridized carbons (Fsp3) is 0.444. The Morgan fingerprint density at radius 3 is 2.78 bits per heavy atom. The van der Waals surface area contributed by atoms with Gasteiger partial charge >= 0.3 is 5.97 Å². The molecule has 120 valence electrons. The molecule has 5 heteroatoms. The van der Waals surface area contributed by atoms with Crippen molar-refractivity contribution in [1.82, 2.24) is 14.3 Å². The summed E-state index contributed by atoms with van der Waals surface area (Å²) in [5.74, 6) is -0.897. The maximum absolute atomic E-state index is 11.3. The lowest BCUT2D eigenvalue weighted by atomic mass is 9.92. The highest BCUT2D eigenvalue weighted by Crippen LogP contribution is 2.46. The first-order valence-electron chi connectivity index (χ1n) is 8.06. The Kier molecular flexibility index (Phi) is 2.86. The quantitative estimate of drug-likeness (QED) is 0.779. The third-order valence-electron chi connectivity index (χ3n) is 5.13. The number of rotatable bonds is 2. The van der Waals surface area contributed by atoms with E-state index in [2.05, 4.69) is 23.5 Å². The second kappa shape index (κ2) is 4.60. The van der Waals surface area contributed by atoms with Crippen LogP contribution in [-0.2, 0) is 7.05 Å². The van der Waals surface area contributed by atoms with E-state index >= 15 is 0 Å². The second-order valence-electron chi connectivity index (χ2n) is 7.50. The van der Waals surface area contributed by atoms with Crippen molar-refractivity contribution in [2.75, 3.05) is 0 Å².